The van der Waals surface area contributed by atoms with Crippen molar-refractivity contribution in [2.24, 2.45) is 0 Å². The van der Waals surface area contributed by atoms with Gasteiger partial charge in [-0.05, 0) is 50.1 Å². The average molecular weight is 358 g/mol. The van der Waals surface area contributed by atoms with Crippen LogP contribution in [0, 0.1) is 13.8 Å². The molecule has 4 heteroatoms. The summed E-state index contributed by atoms with van der Waals surface area (Å²) in [7, 11) is 0. The van der Waals surface area contributed by atoms with E-state index in [4.69, 9.17) is 4.74 Å². The Balaban J connectivity index is 1.72. The normalized spacial score (nSPS) is 10.5. The van der Waals surface area contributed by atoms with Crippen molar-refractivity contribution in [3.8, 4) is 5.75 Å². The van der Waals surface area contributed by atoms with Gasteiger partial charge in [0.2, 0.25) is 5.91 Å². The van der Waals surface area contributed by atoms with Crippen LogP contribution in [0.3, 0.4) is 0 Å². The Morgan fingerprint density at radius 2 is 1.80 bits per heavy atom. The van der Waals surface area contributed by atoms with Gasteiger partial charge in [-0.25, -0.2) is 0 Å². The van der Waals surface area contributed by atoms with Crippen LogP contribution >= 0.6 is 11.8 Å². The lowest BCUT2D eigenvalue weighted by Gasteiger charge is -2.11. The van der Waals surface area contributed by atoms with E-state index in [1.165, 1.54) is 5.56 Å². The molecule has 0 spiro atoms. The molecule has 0 radical (unpaired) electrons. The summed E-state index contributed by atoms with van der Waals surface area (Å²) < 4.78 is 5.64. The Kier molecular flexibility index (Phi) is 7.86. The highest BCUT2D eigenvalue weighted by molar-refractivity contribution is 7.98. The molecule has 3 nitrogen and oxygen atoms in total. The van der Waals surface area contributed by atoms with Crippen molar-refractivity contribution in [2.45, 2.75) is 39.4 Å². The molecule has 2 aromatic rings. The SMILES string of the molecule is CCOc1ccccc1CSCCCC(=O)Nc1c(C)cccc1C. The highest BCUT2D eigenvalue weighted by atomic mass is 32.2. The monoisotopic (exact) mass is 357 g/mol. The van der Waals surface area contributed by atoms with Crippen molar-refractivity contribution in [3.63, 3.8) is 0 Å². The quantitative estimate of drug-likeness (QED) is 0.614. The minimum atomic E-state index is 0.0905. The van der Waals surface area contributed by atoms with E-state index in [1.54, 1.807) is 0 Å². The van der Waals surface area contributed by atoms with E-state index in [-0.39, 0.29) is 5.91 Å². The number of anilines is 1. The molecule has 0 aromatic heterocycles. The Bertz CT molecular complexity index is 680. The van der Waals surface area contributed by atoms with Gasteiger partial charge < -0.3 is 10.1 Å². The number of amides is 1. The second kappa shape index (κ2) is 10.1. The Morgan fingerprint density at radius 3 is 2.52 bits per heavy atom. The molecule has 0 aliphatic heterocycles. The number of thioether (sulfide) groups is 1. The zero-order chi connectivity index (χ0) is 18.1. The standard InChI is InChI=1S/C21H27NO2S/c1-4-24-19-12-6-5-11-18(19)15-25-14-8-13-20(23)22-21-16(2)9-7-10-17(21)3/h5-7,9-12H,4,8,13-15H2,1-3H3,(H,22,23). The van der Waals surface area contributed by atoms with Gasteiger partial charge >= 0.3 is 0 Å². The van der Waals surface area contributed by atoms with Gasteiger partial charge in [-0.15, -0.1) is 0 Å². The number of carbonyl (C=O) groups excluding carboxylic acids is 1. The molecule has 0 atom stereocenters. The predicted octanol–water partition coefficient (Wildman–Crippen LogP) is 5.35. The highest BCUT2D eigenvalue weighted by Crippen LogP contribution is 2.24. The Labute approximate surface area is 155 Å². The van der Waals surface area contributed by atoms with Gasteiger partial charge in [-0.3, -0.25) is 4.79 Å². The van der Waals surface area contributed by atoms with E-state index in [0.29, 0.717) is 13.0 Å². The first kappa shape index (κ1) is 19.4. The zero-order valence-corrected chi connectivity index (χ0v) is 16.1. The topological polar surface area (TPSA) is 38.3 Å². The van der Waals surface area contributed by atoms with Crippen molar-refractivity contribution >= 4 is 23.4 Å². The van der Waals surface area contributed by atoms with E-state index in [0.717, 1.165) is 40.5 Å². The van der Waals surface area contributed by atoms with Gasteiger partial charge in [0.25, 0.3) is 0 Å². The fourth-order valence-electron chi connectivity index (χ4n) is 2.65. The molecular formula is C21H27NO2S. The van der Waals surface area contributed by atoms with Gasteiger partial charge in [0.15, 0.2) is 0 Å². The fraction of sp³-hybridized carbons (Fsp3) is 0.381. The lowest BCUT2D eigenvalue weighted by atomic mass is 10.1. The molecule has 0 saturated heterocycles. The first-order valence-electron chi connectivity index (χ1n) is 8.76. The minimum absolute atomic E-state index is 0.0905. The summed E-state index contributed by atoms with van der Waals surface area (Å²) in [6.45, 7) is 6.72. The van der Waals surface area contributed by atoms with Crippen LogP contribution < -0.4 is 10.1 Å². The lowest BCUT2D eigenvalue weighted by Crippen LogP contribution is -2.13. The van der Waals surface area contributed by atoms with Crippen molar-refractivity contribution in [2.75, 3.05) is 17.7 Å². The molecular weight excluding hydrogens is 330 g/mol. The smallest absolute Gasteiger partial charge is 0.224 e. The number of benzene rings is 2. The number of aryl methyl sites for hydroxylation is 2. The highest BCUT2D eigenvalue weighted by Gasteiger charge is 2.07. The fourth-order valence-corrected chi connectivity index (χ4v) is 3.60. The van der Waals surface area contributed by atoms with Crippen LogP contribution in [0.15, 0.2) is 42.5 Å². The average Bonchev–Trinajstić information content (AvgIpc) is 2.59. The molecule has 0 bridgehead atoms. The van der Waals surface area contributed by atoms with Crippen LogP contribution in [0.4, 0.5) is 5.69 Å². The van der Waals surface area contributed by atoms with Crippen molar-refractivity contribution in [3.05, 3.63) is 59.2 Å². The summed E-state index contributed by atoms with van der Waals surface area (Å²) in [6, 6.07) is 14.2. The van der Waals surface area contributed by atoms with Crippen LogP contribution in [-0.2, 0) is 10.5 Å². The third-order valence-electron chi connectivity index (χ3n) is 3.97. The number of rotatable bonds is 9. The van der Waals surface area contributed by atoms with Crippen LogP contribution in [0.2, 0.25) is 0 Å². The van der Waals surface area contributed by atoms with Crippen LogP contribution in [0.25, 0.3) is 0 Å². The van der Waals surface area contributed by atoms with Crippen molar-refractivity contribution < 1.29 is 9.53 Å². The molecule has 2 aromatic carbocycles. The van der Waals surface area contributed by atoms with Crippen LogP contribution in [0.1, 0.15) is 36.5 Å². The first-order chi connectivity index (χ1) is 12.1. The summed E-state index contributed by atoms with van der Waals surface area (Å²) in [6.07, 6.45) is 1.42. The third kappa shape index (κ3) is 6.13. The molecule has 25 heavy (non-hydrogen) atoms. The van der Waals surface area contributed by atoms with Gasteiger partial charge in [0, 0.05) is 23.4 Å². The lowest BCUT2D eigenvalue weighted by molar-refractivity contribution is -0.116. The third-order valence-corrected chi connectivity index (χ3v) is 5.06. The maximum atomic E-state index is 12.1. The summed E-state index contributed by atoms with van der Waals surface area (Å²) in [5, 5.41) is 3.04. The summed E-state index contributed by atoms with van der Waals surface area (Å²) in [4.78, 5) is 12.1. The molecule has 2 rings (SSSR count). The molecule has 0 aliphatic rings. The van der Waals surface area contributed by atoms with E-state index in [9.17, 15) is 4.79 Å². The number of carbonyl (C=O) groups is 1. The van der Waals surface area contributed by atoms with Crippen LogP contribution in [0.5, 0.6) is 5.75 Å². The Morgan fingerprint density at radius 1 is 1.08 bits per heavy atom. The van der Waals surface area contributed by atoms with E-state index in [1.807, 2.05) is 68.9 Å². The molecule has 0 fully saturated rings. The number of ether oxygens (including phenoxy) is 1. The van der Waals surface area contributed by atoms with Gasteiger partial charge in [-0.2, -0.15) is 11.8 Å². The maximum absolute atomic E-state index is 12.1. The zero-order valence-electron chi connectivity index (χ0n) is 15.3. The maximum Gasteiger partial charge on any atom is 0.224 e. The molecule has 134 valence electrons. The number of hydrogen-bond donors (Lipinski definition) is 1. The molecule has 1 N–H and O–H groups in total. The van der Waals surface area contributed by atoms with Gasteiger partial charge in [-0.1, -0.05) is 36.4 Å². The van der Waals surface area contributed by atoms with Gasteiger partial charge in [0.05, 0.1) is 6.61 Å². The second-order valence-electron chi connectivity index (χ2n) is 6.01. The van der Waals surface area contributed by atoms with Crippen molar-refractivity contribution in [1.82, 2.24) is 0 Å². The molecule has 0 heterocycles. The number of nitrogens with one attached hydrogen (secondary N) is 1. The number of hydrogen-bond acceptors (Lipinski definition) is 3. The minimum Gasteiger partial charge on any atom is -0.494 e. The number of para-hydroxylation sites is 2. The van der Waals surface area contributed by atoms with Crippen LogP contribution in [-0.4, -0.2) is 18.3 Å². The predicted molar refractivity (Wildman–Crippen MR) is 108 cm³/mol. The largest absolute Gasteiger partial charge is 0.494 e. The summed E-state index contributed by atoms with van der Waals surface area (Å²) in [5.41, 5.74) is 4.38. The summed E-state index contributed by atoms with van der Waals surface area (Å²) in [5.74, 6) is 2.92. The molecule has 0 saturated carbocycles. The van der Waals surface area contributed by atoms with Gasteiger partial charge in [0.1, 0.15) is 5.75 Å². The summed E-state index contributed by atoms with van der Waals surface area (Å²) >= 11 is 1.84. The first-order valence-corrected chi connectivity index (χ1v) is 9.91. The molecule has 1 amide bonds. The second-order valence-corrected chi connectivity index (χ2v) is 7.12. The molecule has 0 unspecified atom stereocenters. The van der Waals surface area contributed by atoms with E-state index in [2.05, 4.69) is 11.4 Å². The van der Waals surface area contributed by atoms with E-state index < -0.39 is 0 Å². The van der Waals surface area contributed by atoms with E-state index >= 15 is 0 Å². The molecule has 0 aliphatic carbocycles. The van der Waals surface area contributed by atoms with Crippen molar-refractivity contribution in [1.29, 1.82) is 0 Å². The Hall–Kier alpha value is -1.94.